The topological polar surface area (TPSA) is 102 Å². The minimum absolute atomic E-state index is 0.0199. The van der Waals surface area contributed by atoms with Gasteiger partial charge in [-0.3, -0.25) is 4.98 Å². The van der Waals surface area contributed by atoms with E-state index in [4.69, 9.17) is 9.47 Å². The molecule has 1 N–H and O–H groups in total. The third kappa shape index (κ3) is 2.28. The number of ether oxygens (including phenoxy) is 2. The van der Waals surface area contributed by atoms with Gasteiger partial charge in [0.2, 0.25) is 0 Å². The van der Waals surface area contributed by atoms with Crippen molar-refractivity contribution in [3.05, 3.63) is 31.5 Å². The van der Waals surface area contributed by atoms with E-state index in [9.17, 15) is 14.4 Å². The van der Waals surface area contributed by atoms with E-state index < -0.39 is 28.3 Å². The summed E-state index contributed by atoms with van der Waals surface area (Å²) in [6.07, 6.45) is -0.0398. The average Bonchev–Trinajstić information content (AvgIpc) is 3.18. The van der Waals surface area contributed by atoms with E-state index in [1.54, 1.807) is 0 Å². The van der Waals surface area contributed by atoms with Crippen LogP contribution in [0.2, 0.25) is 0 Å². The number of epoxide rings is 2. The van der Waals surface area contributed by atoms with Gasteiger partial charge in [-0.15, -0.1) is 0 Å². The lowest BCUT2D eigenvalue weighted by atomic mass is 10.1. The summed E-state index contributed by atoms with van der Waals surface area (Å²) < 4.78 is 12.8. The van der Waals surface area contributed by atoms with Crippen molar-refractivity contribution in [2.75, 3.05) is 0 Å². The lowest BCUT2D eigenvalue weighted by Crippen LogP contribution is -2.52. The Morgan fingerprint density at radius 2 is 1.29 bits per heavy atom. The molecule has 4 atom stereocenters. The van der Waals surface area contributed by atoms with Crippen molar-refractivity contribution < 1.29 is 9.47 Å². The van der Waals surface area contributed by atoms with Crippen molar-refractivity contribution in [1.29, 1.82) is 0 Å². The highest BCUT2D eigenvalue weighted by atomic mass is 16.6. The van der Waals surface area contributed by atoms with Gasteiger partial charge in [-0.2, -0.15) is 0 Å². The number of aromatic nitrogens is 3. The molecule has 0 spiro atoms. The Kier molecular flexibility index (Phi) is 2.84. The fraction of sp³-hybridized carbons (Fsp3) is 0.769. The fourth-order valence-electron chi connectivity index (χ4n) is 2.52. The molecule has 0 aliphatic carbocycles. The summed E-state index contributed by atoms with van der Waals surface area (Å²) in [7, 11) is 0. The van der Waals surface area contributed by atoms with Crippen LogP contribution in [0.5, 0.6) is 0 Å². The van der Waals surface area contributed by atoms with Gasteiger partial charge in [0, 0.05) is 0 Å². The highest BCUT2D eigenvalue weighted by Crippen LogP contribution is 2.37. The summed E-state index contributed by atoms with van der Waals surface area (Å²) in [5.74, 6) is 0. The van der Waals surface area contributed by atoms with Crippen LogP contribution in [0.3, 0.4) is 0 Å². The van der Waals surface area contributed by atoms with Gasteiger partial charge in [0.1, 0.15) is 11.2 Å². The van der Waals surface area contributed by atoms with Crippen LogP contribution in [-0.2, 0) is 22.6 Å². The van der Waals surface area contributed by atoms with E-state index in [2.05, 4.69) is 4.98 Å². The smallest absolute Gasteiger partial charge is 0.336 e. The third-order valence-corrected chi connectivity index (χ3v) is 4.61. The maximum atomic E-state index is 12.4. The van der Waals surface area contributed by atoms with Crippen molar-refractivity contribution in [3.8, 4) is 0 Å². The van der Waals surface area contributed by atoms with Crippen LogP contribution in [0.4, 0.5) is 0 Å². The standard InChI is InChI=1S/C13H19N3O5/c1-7-12(3,20-7)5-15-9(17)14-10(18)16(11(15)19)6-13(4)8(2)21-13/h7-8H,5-6H2,1-4H3,(H,14,17,18). The van der Waals surface area contributed by atoms with Crippen molar-refractivity contribution in [2.24, 2.45) is 0 Å². The van der Waals surface area contributed by atoms with Crippen molar-refractivity contribution in [3.63, 3.8) is 0 Å². The van der Waals surface area contributed by atoms with E-state index in [-0.39, 0.29) is 25.3 Å². The molecule has 0 amide bonds. The molecule has 116 valence electrons. The van der Waals surface area contributed by atoms with Crippen LogP contribution in [-0.4, -0.2) is 37.5 Å². The van der Waals surface area contributed by atoms with E-state index in [0.717, 1.165) is 9.13 Å². The molecule has 2 aliphatic heterocycles. The first-order valence-electron chi connectivity index (χ1n) is 6.96. The first kappa shape index (κ1) is 14.3. The average molecular weight is 297 g/mol. The maximum absolute atomic E-state index is 12.4. The van der Waals surface area contributed by atoms with Crippen molar-refractivity contribution in [2.45, 2.75) is 64.2 Å². The number of hydrogen-bond donors (Lipinski definition) is 1. The van der Waals surface area contributed by atoms with Crippen molar-refractivity contribution >= 4 is 0 Å². The molecule has 8 heteroatoms. The van der Waals surface area contributed by atoms with Crippen LogP contribution in [0.25, 0.3) is 0 Å². The van der Waals surface area contributed by atoms with Gasteiger partial charge in [0.25, 0.3) is 0 Å². The molecular weight excluding hydrogens is 278 g/mol. The molecule has 4 unspecified atom stereocenters. The first-order valence-corrected chi connectivity index (χ1v) is 6.96. The highest BCUT2D eigenvalue weighted by Gasteiger charge is 2.51. The first-order chi connectivity index (χ1) is 9.66. The van der Waals surface area contributed by atoms with E-state index >= 15 is 0 Å². The molecule has 0 aromatic carbocycles. The zero-order valence-corrected chi connectivity index (χ0v) is 12.5. The largest absolute Gasteiger partial charge is 0.365 e. The lowest BCUT2D eigenvalue weighted by molar-refractivity contribution is 0.263. The normalized spacial score (nSPS) is 37.5. The molecule has 3 rings (SSSR count). The van der Waals surface area contributed by atoms with Crippen LogP contribution >= 0.6 is 0 Å². The maximum Gasteiger partial charge on any atom is 0.336 e. The van der Waals surface area contributed by atoms with Gasteiger partial charge in [-0.1, -0.05) is 0 Å². The SMILES string of the molecule is CC1OC1(C)Cn1c(=O)[nH]c(=O)n(CC2(C)OC2C)c1=O. The Labute approximate surface area is 120 Å². The molecule has 2 saturated heterocycles. The summed E-state index contributed by atoms with van der Waals surface area (Å²) in [5, 5.41) is 0. The Balaban J connectivity index is 2.00. The molecule has 2 aliphatic rings. The number of nitrogens with one attached hydrogen (secondary N) is 1. The second kappa shape index (κ2) is 4.17. The molecule has 2 fully saturated rings. The number of hydrogen-bond acceptors (Lipinski definition) is 5. The molecule has 8 nitrogen and oxygen atoms in total. The van der Waals surface area contributed by atoms with E-state index in [1.165, 1.54) is 0 Å². The molecule has 0 bridgehead atoms. The molecule has 21 heavy (non-hydrogen) atoms. The van der Waals surface area contributed by atoms with Crippen LogP contribution in [0.1, 0.15) is 27.7 Å². The summed E-state index contributed by atoms with van der Waals surface area (Å²) >= 11 is 0. The molecule has 0 radical (unpaired) electrons. The van der Waals surface area contributed by atoms with Gasteiger partial charge in [-0.25, -0.2) is 23.5 Å². The minimum atomic E-state index is -0.708. The van der Waals surface area contributed by atoms with Crippen LogP contribution in [0.15, 0.2) is 14.4 Å². The van der Waals surface area contributed by atoms with E-state index in [0.29, 0.717) is 0 Å². The van der Waals surface area contributed by atoms with E-state index in [1.807, 2.05) is 27.7 Å². The summed E-state index contributed by atoms with van der Waals surface area (Å²) in [6, 6.07) is 0. The summed E-state index contributed by atoms with van der Waals surface area (Å²) in [5.41, 5.74) is -3.12. The van der Waals surface area contributed by atoms with Gasteiger partial charge < -0.3 is 9.47 Å². The molecule has 1 aromatic heterocycles. The predicted molar refractivity (Wildman–Crippen MR) is 73.5 cm³/mol. The Morgan fingerprint density at radius 3 is 1.57 bits per heavy atom. The molecule has 0 saturated carbocycles. The second-order valence-corrected chi connectivity index (χ2v) is 6.34. The Bertz CT molecular complexity index is 703. The highest BCUT2D eigenvalue weighted by molar-refractivity contribution is 4.99. The molecule has 1 aromatic rings. The summed E-state index contributed by atoms with van der Waals surface area (Å²) in [6.45, 7) is 7.64. The van der Waals surface area contributed by atoms with Crippen LogP contribution < -0.4 is 17.1 Å². The van der Waals surface area contributed by atoms with Crippen molar-refractivity contribution in [1.82, 2.24) is 14.1 Å². The fourth-order valence-corrected chi connectivity index (χ4v) is 2.52. The number of rotatable bonds is 4. The zero-order valence-electron chi connectivity index (χ0n) is 12.5. The number of aromatic amines is 1. The predicted octanol–water partition coefficient (Wildman–Crippen LogP) is -0.947. The molecular formula is C13H19N3O5. The Morgan fingerprint density at radius 1 is 0.952 bits per heavy atom. The monoisotopic (exact) mass is 297 g/mol. The zero-order chi connectivity index (χ0) is 15.6. The lowest BCUT2D eigenvalue weighted by Gasteiger charge is -2.12. The number of H-pyrrole nitrogens is 1. The van der Waals surface area contributed by atoms with Gasteiger partial charge in [0.05, 0.1) is 25.3 Å². The second-order valence-electron chi connectivity index (χ2n) is 6.34. The third-order valence-electron chi connectivity index (χ3n) is 4.61. The summed E-state index contributed by atoms with van der Waals surface area (Å²) in [4.78, 5) is 38.4. The quantitative estimate of drug-likeness (QED) is 0.722. The van der Waals surface area contributed by atoms with Crippen LogP contribution in [0, 0.1) is 0 Å². The number of nitrogens with zero attached hydrogens (tertiary/aromatic N) is 2. The minimum Gasteiger partial charge on any atom is -0.365 e. The van der Waals surface area contributed by atoms with Gasteiger partial charge in [-0.05, 0) is 27.7 Å². The molecule has 3 heterocycles. The van der Waals surface area contributed by atoms with Gasteiger partial charge in [0.15, 0.2) is 0 Å². The van der Waals surface area contributed by atoms with Gasteiger partial charge >= 0.3 is 17.1 Å². The Hall–Kier alpha value is -1.67.